The lowest BCUT2D eigenvalue weighted by atomic mass is 9.87. The van der Waals surface area contributed by atoms with Gasteiger partial charge < -0.3 is 14.1 Å². The smallest absolute Gasteiger partial charge is 0.339 e. The van der Waals surface area contributed by atoms with E-state index in [1.807, 2.05) is 30.3 Å². The molecule has 0 aliphatic carbocycles. The van der Waals surface area contributed by atoms with Crippen molar-refractivity contribution in [3.8, 4) is 5.75 Å². The molecule has 34 heavy (non-hydrogen) atoms. The van der Waals surface area contributed by atoms with Crippen LogP contribution in [0.2, 0.25) is 0 Å². The van der Waals surface area contributed by atoms with Gasteiger partial charge in [0.25, 0.3) is 0 Å². The molecule has 4 heteroatoms. The number of methoxy groups -OCH3 is 1. The predicted octanol–water partition coefficient (Wildman–Crippen LogP) is 7.72. The highest BCUT2D eigenvalue weighted by atomic mass is 16.5. The van der Waals surface area contributed by atoms with Gasteiger partial charge in [-0.3, -0.25) is 0 Å². The van der Waals surface area contributed by atoms with Crippen LogP contribution in [0.3, 0.4) is 0 Å². The molecule has 0 amide bonds. The molecule has 4 nitrogen and oxygen atoms in total. The molecule has 5 aromatic rings. The lowest BCUT2D eigenvalue weighted by Crippen LogP contribution is -2.13. The summed E-state index contributed by atoms with van der Waals surface area (Å²) in [5.74, 6) is 0.504. The molecule has 170 valence electrons. The Bertz CT molecular complexity index is 1540. The van der Waals surface area contributed by atoms with Crippen molar-refractivity contribution in [2.24, 2.45) is 0 Å². The number of rotatable bonds is 4. The average Bonchev–Trinajstić information content (AvgIpc) is 2.83. The van der Waals surface area contributed by atoms with Gasteiger partial charge in [0, 0.05) is 23.1 Å². The standard InChI is InChI=1S/C30H27NO3/c1-30(2,3)22-10-13-23(14-11-22)31(24-12-9-20-7-5-6-8-21(20)17-24)25-15-16-26-27(33-4)19-29(32)34-28(26)18-25/h5-19H,1-4H3. The topological polar surface area (TPSA) is 42.7 Å². The molecule has 1 aromatic heterocycles. The van der Waals surface area contributed by atoms with E-state index in [0.29, 0.717) is 11.3 Å². The summed E-state index contributed by atoms with van der Waals surface area (Å²) in [5, 5.41) is 3.10. The van der Waals surface area contributed by atoms with Crippen molar-refractivity contribution in [2.75, 3.05) is 12.0 Å². The van der Waals surface area contributed by atoms with Crippen LogP contribution >= 0.6 is 0 Å². The zero-order chi connectivity index (χ0) is 23.9. The van der Waals surface area contributed by atoms with Crippen molar-refractivity contribution in [1.29, 1.82) is 0 Å². The lowest BCUT2D eigenvalue weighted by Gasteiger charge is -2.27. The number of nitrogens with zero attached hydrogens (tertiary/aromatic N) is 1. The average molecular weight is 450 g/mol. The van der Waals surface area contributed by atoms with Gasteiger partial charge >= 0.3 is 5.63 Å². The number of hydrogen-bond acceptors (Lipinski definition) is 4. The summed E-state index contributed by atoms with van der Waals surface area (Å²) >= 11 is 0. The predicted molar refractivity (Wildman–Crippen MR) is 140 cm³/mol. The molecule has 0 atom stereocenters. The maximum Gasteiger partial charge on any atom is 0.339 e. The normalized spacial score (nSPS) is 11.6. The highest BCUT2D eigenvalue weighted by Crippen LogP contribution is 2.39. The van der Waals surface area contributed by atoms with Crippen LogP contribution in [0.25, 0.3) is 21.7 Å². The summed E-state index contributed by atoms with van der Waals surface area (Å²) in [4.78, 5) is 14.3. The third-order valence-electron chi connectivity index (χ3n) is 6.15. The molecule has 0 radical (unpaired) electrons. The van der Waals surface area contributed by atoms with E-state index >= 15 is 0 Å². The number of benzene rings is 4. The number of hydrogen-bond donors (Lipinski definition) is 0. The Balaban J connectivity index is 1.71. The van der Waals surface area contributed by atoms with E-state index in [0.717, 1.165) is 27.8 Å². The summed E-state index contributed by atoms with van der Waals surface area (Å²) in [7, 11) is 1.56. The Labute approximate surface area is 199 Å². The second-order valence-corrected chi connectivity index (χ2v) is 9.48. The van der Waals surface area contributed by atoms with E-state index in [4.69, 9.17) is 9.15 Å². The second-order valence-electron chi connectivity index (χ2n) is 9.48. The highest BCUT2D eigenvalue weighted by molar-refractivity contribution is 5.92. The maximum absolute atomic E-state index is 12.1. The lowest BCUT2D eigenvalue weighted by molar-refractivity contribution is 0.413. The van der Waals surface area contributed by atoms with Crippen molar-refractivity contribution >= 4 is 38.8 Å². The molecule has 0 saturated carbocycles. The largest absolute Gasteiger partial charge is 0.496 e. The molecule has 0 aliphatic heterocycles. The zero-order valence-electron chi connectivity index (χ0n) is 19.8. The SMILES string of the molecule is COc1cc(=O)oc2cc(N(c3ccc(C(C)(C)C)cc3)c3ccc4ccccc4c3)ccc12. The molecule has 0 spiro atoms. The van der Waals surface area contributed by atoms with E-state index in [1.165, 1.54) is 17.0 Å². The van der Waals surface area contributed by atoms with Crippen molar-refractivity contribution in [2.45, 2.75) is 26.2 Å². The fourth-order valence-corrected chi connectivity index (χ4v) is 4.30. The quantitative estimate of drug-likeness (QED) is 0.263. The van der Waals surface area contributed by atoms with Gasteiger partial charge in [-0.1, -0.05) is 63.2 Å². The zero-order valence-corrected chi connectivity index (χ0v) is 19.8. The van der Waals surface area contributed by atoms with Crippen LogP contribution < -0.4 is 15.3 Å². The Hall–Kier alpha value is -4.05. The molecule has 0 bridgehead atoms. The maximum atomic E-state index is 12.1. The van der Waals surface area contributed by atoms with Gasteiger partial charge in [-0.15, -0.1) is 0 Å². The van der Waals surface area contributed by atoms with Crippen molar-refractivity contribution in [3.63, 3.8) is 0 Å². The minimum absolute atomic E-state index is 0.0647. The monoisotopic (exact) mass is 449 g/mol. The summed E-state index contributed by atoms with van der Waals surface area (Å²) in [6.07, 6.45) is 0. The van der Waals surface area contributed by atoms with Gasteiger partial charge in [0.15, 0.2) is 0 Å². The molecule has 0 saturated heterocycles. The van der Waals surface area contributed by atoms with Crippen molar-refractivity contribution in [1.82, 2.24) is 0 Å². The fourth-order valence-electron chi connectivity index (χ4n) is 4.30. The number of fused-ring (bicyclic) bond motifs is 2. The Morgan fingerprint density at radius 1 is 0.735 bits per heavy atom. The van der Waals surface area contributed by atoms with Crippen LogP contribution in [0.5, 0.6) is 5.75 Å². The van der Waals surface area contributed by atoms with Crippen LogP contribution in [-0.2, 0) is 5.41 Å². The van der Waals surface area contributed by atoms with Gasteiger partial charge in [0.1, 0.15) is 11.3 Å². The Morgan fingerprint density at radius 3 is 2.09 bits per heavy atom. The summed E-state index contributed by atoms with van der Waals surface area (Å²) in [6, 6.07) is 30.6. The molecule has 0 fully saturated rings. The van der Waals surface area contributed by atoms with E-state index in [-0.39, 0.29) is 5.41 Å². The van der Waals surface area contributed by atoms with Gasteiger partial charge in [-0.25, -0.2) is 4.79 Å². The van der Waals surface area contributed by atoms with Crippen LogP contribution in [0.1, 0.15) is 26.3 Å². The molecule has 0 unspecified atom stereocenters. The number of ether oxygens (including phenoxy) is 1. The third-order valence-corrected chi connectivity index (χ3v) is 6.15. The molecule has 5 rings (SSSR count). The molecule has 0 aliphatic rings. The summed E-state index contributed by atoms with van der Waals surface area (Å²) < 4.78 is 10.9. The minimum atomic E-state index is -0.437. The van der Waals surface area contributed by atoms with E-state index < -0.39 is 5.63 Å². The Morgan fingerprint density at radius 2 is 1.38 bits per heavy atom. The minimum Gasteiger partial charge on any atom is -0.496 e. The first-order chi connectivity index (χ1) is 16.3. The highest BCUT2D eigenvalue weighted by Gasteiger charge is 2.18. The molecular weight excluding hydrogens is 422 g/mol. The fraction of sp³-hybridized carbons (Fsp3) is 0.167. The van der Waals surface area contributed by atoms with Gasteiger partial charge in [0.2, 0.25) is 0 Å². The Kier molecular flexibility index (Phi) is 5.37. The van der Waals surface area contributed by atoms with Gasteiger partial charge in [-0.05, 0) is 58.1 Å². The first-order valence-corrected chi connectivity index (χ1v) is 11.3. The van der Waals surface area contributed by atoms with Crippen LogP contribution in [-0.4, -0.2) is 7.11 Å². The van der Waals surface area contributed by atoms with E-state index in [9.17, 15) is 4.79 Å². The van der Waals surface area contributed by atoms with Gasteiger partial charge in [-0.2, -0.15) is 0 Å². The molecule has 0 N–H and O–H groups in total. The second kappa shape index (κ2) is 8.38. The first-order valence-electron chi connectivity index (χ1n) is 11.3. The van der Waals surface area contributed by atoms with Crippen molar-refractivity contribution < 1.29 is 9.15 Å². The first kappa shape index (κ1) is 21.8. The van der Waals surface area contributed by atoms with E-state index in [1.54, 1.807) is 7.11 Å². The van der Waals surface area contributed by atoms with E-state index in [2.05, 4.69) is 80.3 Å². The molecule has 1 heterocycles. The summed E-state index contributed by atoms with van der Waals surface area (Å²) in [5.41, 5.74) is 4.31. The third kappa shape index (κ3) is 4.03. The molecule has 4 aromatic carbocycles. The molecular formula is C30H27NO3. The van der Waals surface area contributed by atoms with Crippen molar-refractivity contribution in [3.05, 3.63) is 107 Å². The number of anilines is 3. The van der Waals surface area contributed by atoms with Crippen LogP contribution in [0, 0.1) is 0 Å². The van der Waals surface area contributed by atoms with Crippen LogP contribution in [0.4, 0.5) is 17.1 Å². The van der Waals surface area contributed by atoms with Gasteiger partial charge in [0.05, 0.1) is 18.6 Å². The summed E-state index contributed by atoms with van der Waals surface area (Å²) in [6.45, 7) is 6.63. The van der Waals surface area contributed by atoms with Crippen LogP contribution in [0.15, 0.2) is 100 Å².